The second-order valence-electron chi connectivity index (χ2n) is 5.37. The SMILES string of the molecule is CC1CCCC(CN)N1Cc1noc(-c2ccsc2)n1. The van der Waals surface area contributed by atoms with Crippen LogP contribution in [0, 0.1) is 0 Å². The van der Waals surface area contributed by atoms with Gasteiger partial charge in [0, 0.05) is 24.0 Å². The first kappa shape index (κ1) is 13.7. The third-order valence-corrected chi connectivity index (χ3v) is 4.71. The lowest BCUT2D eigenvalue weighted by Crippen LogP contribution is -2.48. The number of nitrogens with two attached hydrogens (primary N) is 1. The average molecular weight is 292 g/mol. The summed E-state index contributed by atoms with van der Waals surface area (Å²) in [5.41, 5.74) is 6.88. The van der Waals surface area contributed by atoms with Crippen molar-refractivity contribution < 1.29 is 4.52 Å². The Morgan fingerprint density at radius 3 is 3.15 bits per heavy atom. The minimum atomic E-state index is 0.432. The van der Waals surface area contributed by atoms with E-state index in [1.807, 2.05) is 16.8 Å². The van der Waals surface area contributed by atoms with Crippen molar-refractivity contribution in [3.8, 4) is 11.5 Å². The molecule has 3 heterocycles. The fraction of sp³-hybridized carbons (Fsp3) is 0.571. The largest absolute Gasteiger partial charge is 0.334 e. The number of piperidine rings is 1. The molecule has 0 spiro atoms. The van der Waals surface area contributed by atoms with Crippen molar-refractivity contribution in [3.63, 3.8) is 0 Å². The van der Waals surface area contributed by atoms with Gasteiger partial charge < -0.3 is 10.3 Å². The molecule has 2 atom stereocenters. The van der Waals surface area contributed by atoms with E-state index >= 15 is 0 Å². The molecule has 0 saturated carbocycles. The molecule has 0 radical (unpaired) electrons. The predicted octanol–water partition coefficient (Wildman–Crippen LogP) is 2.50. The van der Waals surface area contributed by atoms with Crippen LogP contribution in [0.2, 0.25) is 0 Å². The van der Waals surface area contributed by atoms with E-state index in [9.17, 15) is 0 Å². The van der Waals surface area contributed by atoms with E-state index < -0.39 is 0 Å². The van der Waals surface area contributed by atoms with Crippen molar-refractivity contribution >= 4 is 11.3 Å². The summed E-state index contributed by atoms with van der Waals surface area (Å²) in [6.45, 7) is 3.66. The highest BCUT2D eigenvalue weighted by atomic mass is 32.1. The Labute approximate surface area is 122 Å². The van der Waals surface area contributed by atoms with Gasteiger partial charge in [0.15, 0.2) is 5.82 Å². The van der Waals surface area contributed by atoms with Crippen LogP contribution in [0.5, 0.6) is 0 Å². The Balaban J connectivity index is 1.73. The van der Waals surface area contributed by atoms with Crippen LogP contribution in [0.25, 0.3) is 11.5 Å². The first-order valence-electron chi connectivity index (χ1n) is 7.09. The maximum absolute atomic E-state index is 5.89. The monoisotopic (exact) mass is 292 g/mol. The van der Waals surface area contributed by atoms with Gasteiger partial charge in [0.1, 0.15) is 0 Å². The quantitative estimate of drug-likeness (QED) is 0.937. The molecule has 3 rings (SSSR count). The van der Waals surface area contributed by atoms with Crippen molar-refractivity contribution in [2.45, 2.75) is 44.8 Å². The standard InChI is InChI=1S/C14H20N4OS/c1-10-3-2-4-12(7-15)18(10)8-13-16-14(19-17-13)11-5-6-20-9-11/h5-6,9-10,12H,2-4,7-8,15H2,1H3. The molecular weight excluding hydrogens is 272 g/mol. The van der Waals surface area contributed by atoms with Gasteiger partial charge >= 0.3 is 0 Å². The second kappa shape index (κ2) is 6.03. The van der Waals surface area contributed by atoms with Crippen LogP contribution in [-0.2, 0) is 6.54 Å². The first-order chi connectivity index (χ1) is 9.78. The van der Waals surface area contributed by atoms with E-state index in [1.54, 1.807) is 11.3 Å². The lowest BCUT2D eigenvalue weighted by molar-refractivity contribution is 0.0854. The zero-order chi connectivity index (χ0) is 13.9. The van der Waals surface area contributed by atoms with Crippen LogP contribution in [0.3, 0.4) is 0 Å². The molecule has 1 saturated heterocycles. The van der Waals surface area contributed by atoms with Gasteiger partial charge in [0.05, 0.1) is 12.1 Å². The van der Waals surface area contributed by atoms with Crippen LogP contribution in [0.15, 0.2) is 21.3 Å². The maximum atomic E-state index is 5.89. The van der Waals surface area contributed by atoms with Crippen molar-refractivity contribution in [1.29, 1.82) is 0 Å². The summed E-state index contributed by atoms with van der Waals surface area (Å²) in [6.07, 6.45) is 3.63. The summed E-state index contributed by atoms with van der Waals surface area (Å²) in [5.74, 6) is 1.36. The van der Waals surface area contributed by atoms with Crippen molar-refractivity contribution in [3.05, 3.63) is 22.7 Å². The Morgan fingerprint density at radius 2 is 2.40 bits per heavy atom. The molecule has 5 nitrogen and oxygen atoms in total. The number of likely N-dealkylation sites (tertiary alicyclic amines) is 1. The van der Waals surface area contributed by atoms with Gasteiger partial charge in [0.25, 0.3) is 5.89 Å². The highest BCUT2D eigenvalue weighted by molar-refractivity contribution is 7.08. The van der Waals surface area contributed by atoms with E-state index in [1.165, 1.54) is 12.8 Å². The molecule has 2 aromatic rings. The number of rotatable bonds is 4. The fourth-order valence-electron chi connectivity index (χ4n) is 2.86. The number of thiophene rings is 1. The van der Waals surface area contributed by atoms with E-state index in [-0.39, 0.29) is 0 Å². The van der Waals surface area contributed by atoms with Crippen LogP contribution >= 0.6 is 11.3 Å². The van der Waals surface area contributed by atoms with Crippen LogP contribution < -0.4 is 5.73 Å². The Bertz CT molecular complexity index is 539. The normalized spacial score (nSPS) is 24.1. The molecule has 2 aromatic heterocycles. The molecule has 2 N–H and O–H groups in total. The maximum Gasteiger partial charge on any atom is 0.258 e. The predicted molar refractivity (Wildman–Crippen MR) is 79.3 cm³/mol. The molecule has 1 aliphatic rings. The van der Waals surface area contributed by atoms with Crippen molar-refractivity contribution in [2.24, 2.45) is 5.73 Å². The van der Waals surface area contributed by atoms with Gasteiger partial charge in [0.2, 0.25) is 0 Å². The average Bonchev–Trinajstić information content (AvgIpc) is 3.11. The number of hydrogen-bond acceptors (Lipinski definition) is 6. The lowest BCUT2D eigenvalue weighted by atomic mass is 9.96. The second-order valence-corrected chi connectivity index (χ2v) is 6.15. The van der Waals surface area contributed by atoms with Gasteiger partial charge in [-0.15, -0.1) is 0 Å². The summed E-state index contributed by atoms with van der Waals surface area (Å²) in [5, 5.41) is 8.13. The number of hydrogen-bond donors (Lipinski definition) is 1. The minimum absolute atomic E-state index is 0.432. The highest BCUT2D eigenvalue weighted by Crippen LogP contribution is 2.25. The highest BCUT2D eigenvalue weighted by Gasteiger charge is 2.28. The summed E-state index contributed by atoms with van der Waals surface area (Å²) < 4.78 is 5.34. The molecule has 6 heteroatoms. The van der Waals surface area contributed by atoms with Crippen LogP contribution in [0.1, 0.15) is 32.0 Å². The van der Waals surface area contributed by atoms with Gasteiger partial charge in [-0.3, -0.25) is 4.90 Å². The molecule has 1 fully saturated rings. The van der Waals surface area contributed by atoms with Crippen molar-refractivity contribution in [2.75, 3.05) is 6.54 Å². The van der Waals surface area contributed by atoms with Gasteiger partial charge in [-0.25, -0.2) is 0 Å². The minimum Gasteiger partial charge on any atom is -0.334 e. The third kappa shape index (κ3) is 2.77. The molecule has 0 aromatic carbocycles. The third-order valence-electron chi connectivity index (χ3n) is 4.03. The summed E-state index contributed by atoms with van der Waals surface area (Å²) >= 11 is 1.63. The van der Waals surface area contributed by atoms with Gasteiger partial charge in [-0.2, -0.15) is 16.3 Å². The summed E-state index contributed by atoms with van der Waals surface area (Å²) in [4.78, 5) is 6.90. The van der Waals surface area contributed by atoms with E-state index in [2.05, 4.69) is 22.0 Å². The first-order valence-corrected chi connectivity index (χ1v) is 8.03. The Hall–Kier alpha value is -1.24. The van der Waals surface area contributed by atoms with E-state index in [0.29, 0.717) is 24.5 Å². The molecule has 1 aliphatic heterocycles. The number of aromatic nitrogens is 2. The van der Waals surface area contributed by atoms with Crippen molar-refractivity contribution in [1.82, 2.24) is 15.0 Å². The Kier molecular flexibility index (Phi) is 4.14. The molecule has 0 amide bonds. The van der Waals surface area contributed by atoms with Crippen LogP contribution in [-0.4, -0.2) is 33.7 Å². The zero-order valence-electron chi connectivity index (χ0n) is 11.7. The topological polar surface area (TPSA) is 68.2 Å². The molecule has 20 heavy (non-hydrogen) atoms. The lowest BCUT2D eigenvalue weighted by Gasteiger charge is -2.39. The van der Waals surface area contributed by atoms with Gasteiger partial charge in [-0.1, -0.05) is 11.6 Å². The molecule has 108 valence electrons. The fourth-order valence-corrected chi connectivity index (χ4v) is 3.49. The molecule has 0 aliphatic carbocycles. The Morgan fingerprint density at radius 1 is 1.50 bits per heavy atom. The zero-order valence-corrected chi connectivity index (χ0v) is 12.5. The summed E-state index contributed by atoms with van der Waals surface area (Å²) in [7, 11) is 0. The van der Waals surface area contributed by atoms with E-state index in [0.717, 1.165) is 24.4 Å². The number of nitrogens with zero attached hydrogens (tertiary/aromatic N) is 3. The smallest absolute Gasteiger partial charge is 0.258 e. The van der Waals surface area contributed by atoms with Crippen LogP contribution in [0.4, 0.5) is 0 Å². The van der Waals surface area contributed by atoms with Gasteiger partial charge in [-0.05, 0) is 31.2 Å². The molecular formula is C14H20N4OS. The molecule has 2 unspecified atom stereocenters. The molecule has 0 bridgehead atoms. The van der Waals surface area contributed by atoms with E-state index in [4.69, 9.17) is 10.3 Å². The summed E-state index contributed by atoms with van der Waals surface area (Å²) in [6, 6.07) is 2.95.